The zero-order chi connectivity index (χ0) is 14.8. The summed E-state index contributed by atoms with van der Waals surface area (Å²) >= 11 is 0. The van der Waals surface area contributed by atoms with Gasteiger partial charge in [0.25, 0.3) is 0 Å². The summed E-state index contributed by atoms with van der Waals surface area (Å²) < 4.78 is 24.7. The number of halogens is 1. The summed E-state index contributed by atoms with van der Waals surface area (Å²) in [7, 11) is 1.61. The molecule has 108 valence electrons. The summed E-state index contributed by atoms with van der Waals surface area (Å²) in [5.41, 5.74) is 2.19. The highest BCUT2D eigenvalue weighted by atomic mass is 19.1. The summed E-state index contributed by atoms with van der Waals surface area (Å²) in [6.07, 6.45) is 0. The van der Waals surface area contributed by atoms with Crippen molar-refractivity contribution in [2.24, 2.45) is 0 Å². The highest BCUT2D eigenvalue weighted by Crippen LogP contribution is 2.29. The van der Waals surface area contributed by atoms with Crippen LogP contribution in [0.5, 0.6) is 5.75 Å². The third-order valence-electron chi connectivity index (χ3n) is 3.35. The number of anilines is 1. The van der Waals surface area contributed by atoms with Crippen molar-refractivity contribution in [3.05, 3.63) is 59.6 Å². The molecule has 1 aromatic heterocycles. The van der Waals surface area contributed by atoms with E-state index in [1.807, 2.05) is 31.2 Å². The molecule has 0 atom stereocenters. The van der Waals surface area contributed by atoms with Gasteiger partial charge < -0.3 is 14.5 Å². The molecule has 1 N–H and O–H groups in total. The van der Waals surface area contributed by atoms with Crippen LogP contribution in [0, 0.1) is 12.7 Å². The highest BCUT2D eigenvalue weighted by molar-refractivity contribution is 5.83. The van der Waals surface area contributed by atoms with Crippen LogP contribution in [-0.4, -0.2) is 7.11 Å². The maximum absolute atomic E-state index is 13.7. The lowest BCUT2D eigenvalue weighted by Crippen LogP contribution is -2.00. The number of nitrogens with one attached hydrogen (secondary N) is 1. The summed E-state index contributed by atoms with van der Waals surface area (Å²) in [6, 6.07) is 12.6. The first-order valence-electron chi connectivity index (χ1n) is 6.73. The van der Waals surface area contributed by atoms with Crippen molar-refractivity contribution < 1.29 is 13.5 Å². The van der Waals surface area contributed by atoms with Crippen molar-refractivity contribution in [1.29, 1.82) is 0 Å². The minimum atomic E-state index is -0.269. The third-order valence-corrected chi connectivity index (χ3v) is 3.35. The molecule has 1 heterocycles. The van der Waals surface area contributed by atoms with Crippen LogP contribution in [0.3, 0.4) is 0 Å². The van der Waals surface area contributed by atoms with Crippen LogP contribution in [-0.2, 0) is 6.54 Å². The van der Waals surface area contributed by atoms with Gasteiger partial charge in [-0.3, -0.25) is 0 Å². The number of fused-ring (bicyclic) bond motifs is 1. The van der Waals surface area contributed by atoms with Crippen molar-refractivity contribution >= 4 is 16.7 Å². The van der Waals surface area contributed by atoms with Gasteiger partial charge in [-0.25, -0.2) is 4.39 Å². The monoisotopic (exact) mass is 285 g/mol. The number of furan rings is 1. The molecule has 0 fully saturated rings. The molecule has 0 aliphatic carbocycles. The fourth-order valence-corrected chi connectivity index (χ4v) is 2.29. The Balaban J connectivity index is 1.84. The Bertz CT molecular complexity index is 780. The Morgan fingerprint density at radius 1 is 1.19 bits per heavy atom. The molecule has 0 aliphatic rings. The number of para-hydroxylation sites is 1. The minimum absolute atomic E-state index is 0.269. The normalized spacial score (nSPS) is 10.8. The second-order valence-electron chi connectivity index (χ2n) is 4.93. The molecule has 3 nitrogen and oxygen atoms in total. The highest BCUT2D eigenvalue weighted by Gasteiger charge is 2.09. The molecule has 21 heavy (non-hydrogen) atoms. The molecular formula is C17H16FNO2. The van der Waals surface area contributed by atoms with E-state index < -0.39 is 0 Å². The smallest absolute Gasteiger partial charge is 0.176 e. The van der Waals surface area contributed by atoms with E-state index in [0.717, 1.165) is 16.7 Å². The number of hydrogen-bond acceptors (Lipinski definition) is 3. The van der Waals surface area contributed by atoms with Crippen molar-refractivity contribution in [3.63, 3.8) is 0 Å². The number of hydrogen-bond donors (Lipinski definition) is 1. The van der Waals surface area contributed by atoms with E-state index in [2.05, 4.69) is 5.32 Å². The fraction of sp³-hybridized carbons (Fsp3) is 0.176. The third kappa shape index (κ3) is 2.70. The maximum atomic E-state index is 13.7. The number of benzene rings is 2. The maximum Gasteiger partial charge on any atom is 0.176 e. The standard InChI is InChI=1S/C17H16FNO2/c1-11-6-7-14(18)15(8-11)19-10-13-9-12-4-3-5-16(20-2)17(12)21-13/h3-9,19H,10H2,1-2H3. The van der Waals surface area contributed by atoms with Crippen LogP contribution in [0.1, 0.15) is 11.3 Å². The molecule has 0 amide bonds. The zero-order valence-corrected chi connectivity index (χ0v) is 11.9. The van der Waals surface area contributed by atoms with Gasteiger partial charge in [-0.2, -0.15) is 0 Å². The molecule has 2 aromatic carbocycles. The molecular weight excluding hydrogens is 269 g/mol. The molecule has 3 rings (SSSR count). The number of aryl methyl sites for hydroxylation is 1. The van der Waals surface area contributed by atoms with Crippen molar-refractivity contribution in [2.75, 3.05) is 12.4 Å². The predicted octanol–water partition coefficient (Wildman–Crippen LogP) is 4.50. The summed E-state index contributed by atoms with van der Waals surface area (Å²) in [4.78, 5) is 0. The van der Waals surface area contributed by atoms with E-state index in [-0.39, 0.29) is 5.82 Å². The number of ether oxygens (including phenoxy) is 1. The SMILES string of the molecule is COc1cccc2cc(CNc3cc(C)ccc3F)oc12. The van der Waals surface area contributed by atoms with E-state index in [9.17, 15) is 4.39 Å². The Kier molecular flexibility index (Phi) is 3.52. The second kappa shape index (κ2) is 5.48. The first-order valence-corrected chi connectivity index (χ1v) is 6.73. The van der Waals surface area contributed by atoms with Crippen molar-refractivity contribution in [2.45, 2.75) is 13.5 Å². The van der Waals surface area contributed by atoms with Crippen LogP contribution < -0.4 is 10.1 Å². The molecule has 0 radical (unpaired) electrons. The van der Waals surface area contributed by atoms with Gasteiger partial charge in [-0.05, 0) is 36.8 Å². The van der Waals surface area contributed by atoms with Gasteiger partial charge in [-0.15, -0.1) is 0 Å². The van der Waals surface area contributed by atoms with Gasteiger partial charge in [0, 0.05) is 5.39 Å². The van der Waals surface area contributed by atoms with Gasteiger partial charge in [0.1, 0.15) is 11.6 Å². The van der Waals surface area contributed by atoms with E-state index in [0.29, 0.717) is 23.6 Å². The van der Waals surface area contributed by atoms with Crippen LogP contribution in [0.25, 0.3) is 11.0 Å². The Morgan fingerprint density at radius 2 is 2.05 bits per heavy atom. The lowest BCUT2D eigenvalue weighted by atomic mass is 10.2. The Morgan fingerprint density at radius 3 is 2.86 bits per heavy atom. The summed E-state index contributed by atoms with van der Waals surface area (Å²) in [5.74, 6) is 1.16. The minimum Gasteiger partial charge on any atom is -0.493 e. The van der Waals surface area contributed by atoms with E-state index in [1.54, 1.807) is 19.2 Å². The summed E-state index contributed by atoms with van der Waals surface area (Å²) in [5, 5.41) is 4.03. The van der Waals surface area contributed by atoms with Crippen LogP contribution in [0.15, 0.2) is 46.9 Å². The first-order chi connectivity index (χ1) is 10.2. The average Bonchev–Trinajstić information content (AvgIpc) is 2.91. The molecule has 0 unspecified atom stereocenters. The molecule has 0 aliphatic heterocycles. The lowest BCUT2D eigenvalue weighted by Gasteiger charge is -2.06. The van der Waals surface area contributed by atoms with Crippen molar-refractivity contribution in [1.82, 2.24) is 0 Å². The zero-order valence-electron chi connectivity index (χ0n) is 11.9. The lowest BCUT2D eigenvalue weighted by molar-refractivity contribution is 0.408. The van der Waals surface area contributed by atoms with Gasteiger partial charge >= 0.3 is 0 Å². The van der Waals surface area contributed by atoms with Gasteiger partial charge in [0.15, 0.2) is 11.3 Å². The Hall–Kier alpha value is -2.49. The number of rotatable bonds is 4. The second-order valence-corrected chi connectivity index (χ2v) is 4.93. The van der Waals surface area contributed by atoms with Gasteiger partial charge in [0.2, 0.25) is 0 Å². The quantitative estimate of drug-likeness (QED) is 0.766. The van der Waals surface area contributed by atoms with E-state index in [1.165, 1.54) is 6.07 Å². The van der Waals surface area contributed by atoms with Gasteiger partial charge in [-0.1, -0.05) is 18.2 Å². The molecule has 0 spiro atoms. The molecule has 4 heteroatoms. The fourth-order valence-electron chi connectivity index (χ4n) is 2.29. The largest absolute Gasteiger partial charge is 0.493 e. The molecule has 3 aromatic rings. The molecule has 0 bridgehead atoms. The van der Waals surface area contributed by atoms with Crippen molar-refractivity contribution in [3.8, 4) is 5.75 Å². The van der Waals surface area contributed by atoms with Crippen LogP contribution in [0.4, 0.5) is 10.1 Å². The van der Waals surface area contributed by atoms with E-state index >= 15 is 0 Å². The van der Waals surface area contributed by atoms with Crippen LogP contribution in [0.2, 0.25) is 0 Å². The topological polar surface area (TPSA) is 34.4 Å². The average molecular weight is 285 g/mol. The van der Waals surface area contributed by atoms with Crippen LogP contribution >= 0.6 is 0 Å². The summed E-state index contributed by atoms with van der Waals surface area (Å²) in [6.45, 7) is 2.34. The Labute approximate surface area is 122 Å². The molecule has 0 saturated carbocycles. The molecule has 0 saturated heterocycles. The number of methoxy groups -OCH3 is 1. The predicted molar refractivity (Wildman–Crippen MR) is 81.2 cm³/mol. The first kappa shape index (κ1) is 13.5. The van der Waals surface area contributed by atoms with Gasteiger partial charge in [0.05, 0.1) is 19.3 Å². The van der Waals surface area contributed by atoms with E-state index in [4.69, 9.17) is 9.15 Å².